The smallest absolute Gasteiger partial charge is 0.154 e. The van der Waals surface area contributed by atoms with Crippen LogP contribution in [-0.4, -0.2) is 25.6 Å². The molecule has 112 valence electrons. The summed E-state index contributed by atoms with van der Waals surface area (Å²) in [6, 6.07) is 9.30. The monoisotopic (exact) mass is 287 g/mol. The fraction of sp³-hybridized carbons (Fsp3) is 0.529. The van der Waals surface area contributed by atoms with E-state index in [1.807, 2.05) is 6.92 Å². The van der Waals surface area contributed by atoms with Crippen LogP contribution in [0.2, 0.25) is 0 Å². The van der Waals surface area contributed by atoms with Gasteiger partial charge in [0.1, 0.15) is 11.7 Å². The van der Waals surface area contributed by atoms with Crippen molar-refractivity contribution in [1.82, 2.24) is 0 Å². The predicted molar refractivity (Wildman–Crippen MR) is 79.1 cm³/mol. The number of hydrogen-bond donors (Lipinski definition) is 0. The second-order valence-corrected chi connectivity index (χ2v) is 5.42. The molecule has 0 radical (unpaired) electrons. The van der Waals surface area contributed by atoms with Gasteiger partial charge in [0.05, 0.1) is 19.3 Å². The first-order valence-corrected chi connectivity index (χ1v) is 7.35. The molecule has 0 aliphatic heterocycles. The Bertz CT molecular complexity index is 529. The second-order valence-electron chi connectivity index (χ2n) is 5.42. The molecule has 1 fully saturated rings. The van der Waals surface area contributed by atoms with E-state index in [1.165, 1.54) is 0 Å². The number of benzene rings is 1. The topological polar surface area (TPSA) is 59.3 Å². The number of hydrogen-bond acceptors (Lipinski definition) is 4. The van der Waals surface area contributed by atoms with E-state index >= 15 is 0 Å². The number of Topliss-reactive ketones (excluding diaryl/α,β-unsaturated/α-hetero) is 1. The van der Waals surface area contributed by atoms with Crippen LogP contribution in [0.1, 0.15) is 37.7 Å². The highest BCUT2D eigenvalue weighted by atomic mass is 16.5. The molecule has 4 nitrogen and oxygen atoms in total. The first-order chi connectivity index (χ1) is 10.2. The van der Waals surface area contributed by atoms with E-state index in [2.05, 4.69) is 6.07 Å². The lowest BCUT2D eigenvalue weighted by molar-refractivity contribution is -0.122. The average Bonchev–Trinajstić information content (AvgIpc) is 2.46. The number of rotatable bonds is 7. The highest BCUT2D eigenvalue weighted by molar-refractivity contribution is 5.88. The lowest BCUT2D eigenvalue weighted by Gasteiger charge is -2.34. The third-order valence-corrected chi connectivity index (χ3v) is 3.96. The predicted octanol–water partition coefficient (Wildman–Crippen LogP) is 3.08. The van der Waals surface area contributed by atoms with Crippen molar-refractivity contribution in [2.75, 3.05) is 13.7 Å². The third-order valence-electron chi connectivity index (χ3n) is 3.96. The van der Waals surface area contributed by atoms with Gasteiger partial charge in [-0.2, -0.15) is 5.26 Å². The molecule has 0 saturated heterocycles. The number of methoxy groups -OCH3 is 1. The third kappa shape index (κ3) is 3.83. The number of carbonyl (C=O) groups excluding carboxylic acids is 1. The van der Waals surface area contributed by atoms with Crippen LogP contribution in [0.25, 0.3) is 0 Å². The minimum atomic E-state index is -0.703. The fourth-order valence-corrected chi connectivity index (χ4v) is 2.77. The summed E-state index contributed by atoms with van der Waals surface area (Å²) in [4.78, 5) is 12.3. The van der Waals surface area contributed by atoms with Gasteiger partial charge in [0, 0.05) is 13.0 Å². The molecule has 0 spiro atoms. The summed E-state index contributed by atoms with van der Waals surface area (Å²) in [6.07, 6.45) is 2.61. The number of ether oxygens (including phenoxy) is 2. The average molecular weight is 287 g/mol. The fourth-order valence-electron chi connectivity index (χ4n) is 2.77. The molecule has 1 aliphatic carbocycles. The molecule has 1 atom stereocenters. The molecule has 0 heterocycles. The molecule has 0 aromatic heterocycles. The molecule has 21 heavy (non-hydrogen) atoms. The lowest BCUT2D eigenvalue weighted by Crippen LogP contribution is -2.33. The summed E-state index contributed by atoms with van der Waals surface area (Å²) in [5.74, 6) is 0.313. The van der Waals surface area contributed by atoms with E-state index < -0.39 is 5.92 Å². The van der Waals surface area contributed by atoms with Gasteiger partial charge in [0.2, 0.25) is 0 Å². The normalized spacial score (nSPS) is 22.0. The van der Waals surface area contributed by atoms with Crippen molar-refractivity contribution in [2.24, 2.45) is 5.92 Å². The van der Waals surface area contributed by atoms with Gasteiger partial charge in [0.25, 0.3) is 0 Å². The molecule has 4 heteroatoms. The van der Waals surface area contributed by atoms with Crippen molar-refractivity contribution < 1.29 is 14.3 Å². The first-order valence-electron chi connectivity index (χ1n) is 7.35. The van der Waals surface area contributed by atoms with Crippen molar-refractivity contribution in [1.29, 1.82) is 5.26 Å². The van der Waals surface area contributed by atoms with Gasteiger partial charge in [-0.25, -0.2) is 0 Å². The zero-order valence-electron chi connectivity index (χ0n) is 12.5. The highest BCUT2D eigenvalue weighted by Gasteiger charge is 2.33. The summed E-state index contributed by atoms with van der Waals surface area (Å²) in [6.45, 7) is 2.70. The standard InChI is InChI=1S/C17H21NO3/c1-3-21-15-7-12(8-15)9-17(19)16(11-18)13-5-4-6-14(10-13)20-2/h4-6,10,12,15-16H,3,7-9H2,1-2H3. The highest BCUT2D eigenvalue weighted by Crippen LogP contribution is 2.34. The Morgan fingerprint density at radius 2 is 2.24 bits per heavy atom. The van der Waals surface area contributed by atoms with Crippen molar-refractivity contribution in [3.8, 4) is 11.8 Å². The molecule has 1 aromatic carbocycles. The van der Waals surface area contributed by atoms with Crippen LogP contribution in [0.15, 0.2) is 24.3 Å². The molecule has 0 bridgehead atoms. The minimum absolute atomic E-state index is 0.00861. The van der Waals surface area contributed by atoms with Crippen LogP contribution in [0.4, 0.5) is 0 Å². The largest absolute Gasteiger partial charge is 0.497 e. The van der Waals surface area contributed by atoms with Crippen molar-refractivity contribution in [3.05, 3.63) is 29.8 Å². The van der Waals surface area contributed by atoms with Crippen LogP contribution in [-0.2, 0) is 9.53 Å². The lowest BCUT2D eigenvalue weighted by atomic mass is 9.77. The Kier molecular flexibility index (Phi) is 5.35. The summed E-state index contributed by atoms with van der Waals surface area (Å²) >= 11 is 0. The molecule has 1 saturated carbocycles. The zero-order chi connectivity index (χ0) is 15.2. The first kappa shape index (κ1) is 15.5. The van der Waals surface area contributed by atoms with Gasteiger partial charge >= 0.3 is 0 Å². The summed E-state index contributed by atoms with van der Waals surface area (Å²) in [5, 5.41) is 9.32. The van der Waals surface area contributed by atoms with E-state index in [0.29, 0.717) is 29.8 Å². The Morgan fingerprint density at radius 3 is 2.86 bits per heavy atom. The van der Waals surface area contributed by atoms with Crippen molar-refractivity contribution in [2.45, 2.75) is 38.2 Å². The maximum absolute atomic E-state index is 12.3. The summed E-state index contributed by atoms with van der Waals surface area (Å²) in [5.41, 5.74) is 0.711. The van der Waals surface area contributed by atoms with E-state index in [4.69, 9.17) is 9.47 Å². The van der Waals surface area contributed by atoms with Crippen LogP contribution in [0.3, 0.4) is 0 Å². The molecule has 2 rings (SSSR count). The zero-order valence-corrected chi connectivity index (χ0v) is 12.5. The van der Waals surface area contributed by atoms with E-state index in [1.54, 1.807) is 31.4 Å². The summed E-state index contributed by atoms with van der Waals surface area (Å²) in [7, 11) is 1.57. The number of nitrogens with zero attached hydrogens (tertiary/aromatic N) is 1. The molecule has 1 aromatic rings. The van der Waals surface area contributed by atoms with E-state index in [0.717, 1.165) is 19.4 Å². The molecule has 0 N–H and O–H groups in total. The Morgan fingerprint density at radius 1 is 1.48 bits per heavy atom. The number of nitriles is 1. The Labute approximate surface area is 125 Å². The maximum atomic E-state index is 12.3. The van der Waals surface area contributed by atoms with Crippen LogP contribution in [0.5, 0.6) is 5.75 Å². The number of carbonyl (C=O) groups is 1. The maximum Gasteiger partial charge on any atom is 0.154 e. The van der Waals surface area contributed by atoms with Crippen LogP contribution < -0.4 is 4.74 Å². The quantitative estimate of drug-likeness (QED) is 0.773. The van der Waals surface area contributed by atoms with Gasteiger partial charge in [-0.1, -0.05) is 12.1 Å². The summed E-state index contributed by atoms with van der Waals surface area (Å²) < 4.78 is 10.6. The molecule has 1 aliphatic rings. The van der Waals surface area contributed by atoms with Crippen molar-refractivity contribution >= 4 is 5.78 Å². The molecular formula is C17H21NO3. The van der Waals surface area contributed by atoms with Crippen molar-refractivity contribution in [3.63, 3.8) is 0 Å². The van der Waals surface area contributed by atoms with E-state index in [9.17, 15) is 10.1 Å². The van der Waals surface area contributed by atoms with Gasteiger partial charge in [-0.3, -0.25) is 4.79 Å². The van der Waals surface area contributed by atoms with Gasteiger partial charge < -0.3 is 9.47 Å². The number of ketones is 1. The Hall–Kier alpha value is -1.86. The SMILES string of the molecule is CCOC1CC(CC(=O)C(C#N)c2cccc(OC)c2)C1. The van der Waals surface area contributed by atoms with Crippen LogP contribution in [0, 0.1) is 17.2 Å². The minimum Gasteiger partial charge on any atom is -0.497 e. The van der Waals surface area contributed by atoms with Gasteiger partial charge in [-0.05, 0) is 43.4 Å². The Balaban J connectivity index is 1.95. The van der Waals surface area contributed by atoms with Gasteiger partial charge in [-0.15, -0.1) is 0 Å². The van der Waals surface area contributed by atoms with E-state index in [-0.39, 0.29) is 5.78 Å². The van der Waals surface area contributed by atoms with Crippen LogP contribution >= 0.6 is 0 Å². The molecule has 0 amide bonds. The molecular weight excluding hydrogens is 266 g/mol. The molecule has 1 unspecified atom stereocenters. The second kappa shape index (κ2) is 7.24. The van der Waals surface area contributed by atoms with Gasteiger partial charge in [0.15, 0.2) is 5.78 Å².